The summed E-state index contributed by atoms with van der Waals surface area (Å²) in [4.78, 5) is 5.99. The first-order valence-corrected chi connectivity index (χ1v) is 6.34. The Hall–Kier alpha value is -1.85. The predicted molar refractivity (Wildman–Crippen MR) is 73.9 cm³/mol. The first-order valence-electron chi connectivity index (χ1n) is 6.34. The molecule has 3 nitrogen and oxygen atoms in total. The molecular weight excluding hydrogens is 260 g/mol. The van der Waals surface area contributed by atoms with Crippen LogP contribution < -0.4 is 5.73 Å². The number of hydrogen-bond acceptors (Lipinski definition) is 3. The zero-order chi connectivity index (χ0) is 14.5. The molecule has 0 spiro atoms. The summed E-state index contributed by atoms with van der Waals surface area (Å²) in [6, 6.07) is 7.27. The molecule has 0 aliphatic carbocycles. The molecule has 2 N–H and O–H groups in total. The molecule has 0 fully saturated rings. The van der Waals surface area contributed by atoms with Crippen LogP contribution in [0.1, 0.15) is 17.2 Å². The van der Waals surface area contributed by atoms with Gasteiger partial charge in [0.15, 0.2) is 11.6 Å². The molecule has 5 heteroatoms. The summed E-state index contributed by atoms with van der Waals surface area (Å²) in [6.07, 6.45) is 3.47. The molecule has 0 amide bonds. The minimum Gasteiger partial charge on any atom is -0.323 e. The van der Waals surface area contributed by atoms with Crippen molar-refractivity contribution in [2.24, 2.45) is 5.73 Å². The summed E-state index contributed by atoms with van der Waals surface area (Å²) >= 11 is 0. The van der Waals surface area contributed by atoms with Crippen LogP contribution in [0.4, 0.5) is 8.78 Å². The lowest BCUT2D eigenvalue weighted by molar-refractivity contribution is 0.304. The highest BCUT2D eigenvalue weighted by atomic mass is 19.2. The van der Waals surface area contributed by atoms with Gasteiger partial charge in [-0.3, -0.25) is 4.98 Å². The van der Waals surface area contributed by atoms with Crippen LogP contribution in [0.3, 0.4) is 0 Å². The van der Waals surface area contributed by atoms with Gasteiger partial charge in [-0.15, -0.1) is 0 Å². The van der Waals surface area contributed by atoms with E-state index in [0.717, 1.165) is 24.2 Å². The van der Waals surface area contributed by atoms with Crippen LogP contribution in [0.15, 0.2) is 42.7 Å². The predicted octanol–water partition coefficient (Wildman–Crippen LogP) is 2.49. The smallest absolute Gasteiger partial charge is 0.159 e. The lowest BCUT2D eigenvalue weighted by Gasteiger charge is -2.21. The highest BCUT2D eigenvalue weighted by Gasteiger charge is 2.12. The molecule has 1 aromatic carbocycles. The second kappa shape index (κ2) is 6.54. The fraction of sp³-hybridized carbons (Fsp3) is 0.267. The van der Waals surface area contributed by atoms with Crippen molar-refractivity contribution >= 4 is 0 Å². The third-order valence-electron chi connectivity index (χ3n) is 3.08. The molecule has 1 heterocycles. The van der Waals surface area contributed by atoms with Crippen LogP contribution in [-0.4, -0.2) is 23.5 Å². The van der Waals surface area contributed by atoms with Crippen molar-refractivity contribution in [2.75, 3.05) is 13.6 Å². The Balaban J connectivity index is 1.96. The Kier molecular flexibility index (Phi) is 4.76. The molecule has 1 unspecified atom stereocenters. The van der Waals surface area contributed by atoms with E-state index in [0.29, 0.717) is 12.1 Å². The molecule has 0 aliphatic heterocycles. The van der Waals surface area contributed by atoms with Crippen molar-refractivity contribution in [3.63, 3.8) is 0 Å². The Labute approximate surface area is 117 Å². The zero-order valence-corrected chi connectivity index (χ0v) is 11.3. The molecule has 1 aromatic heterocycles. The van der Waals surface area contributed by atoms with E-state index in [1.54, 1.807) is 12.4 Å². The van der Waals surface area contributed by atoms with Gasteiger partial charge >= 0.3 is 0 Å². The molecule has 1 atom stereocenters. The third-order valence-corrected chi connectivity index (χ3v) is 3.08. The lowest BCUT2D eigenvalue weighted by Crippen LogP contribution is -2.28. The van der Waals surface area contributed by atoms with Crippen molar-refractivity contribution in [3.8, 4) is 0 Å². The van der Waals surface area contributed by atoms with E-state index in [9.17, 15) is 8.78 Å². The topological polar surface area (TPSA) is 42.2 Å². The van der Waals surface area contributed by atoms with Gasteiger partial charge in [0, 0.05) is 31.5 Å². The van der Waals surface area contributed by atoms with Gasteiger partial charge in [0.05, 0.1) is 0 Å². The van der Waals surface area contributed by atoms with E-state index in [1.165, 1.54) is 6.07 Å². The minimum atomic E-state index is -0.866. The van der Waals surface area contributed by atoms with E-state index < -0.39 is 11.6 Å². The average molecular weight is 277 g/mol. The molecular formula is C15H17F2N3. The summed E-state index contributed by atoms with van der Waals surface area (Å²) in [5.74, 6) is -1.72. The normalized spacial score (nSPS) is 12.7. The van der Waals surface area contributed by atoms with Crippen molar-refractivity contribution in [1.82, 2.24) is 9.88 Å². The molecule has 0 saturated carbocycles. The monoisotopic (exact) mass is 277 g/mol. The minimum absolute atomic E-state index is 0.364. The second-order valence-electron chi connectivity index (χ2n) is 4.83. The van der Waals surface area contributed by atoms with Gasteiger partial charge < -0.3 is 10.6 Å². The molecule has 106 valence electrons. The van der Waals surface area contributed by atoms with Crippen LogP contribution in [0.2, 0.25) is 0 Å². The number of likely N-dealkylation sites (N-methyl/N-ethyl adjacent to an activating group) is 1. The molecule has 0 saturated heterocycles. The molecule has 2 aromatic rings. The first kappa shape index (κ1) is 14.6. The lowest BCUT2D eigenvalue weighted by atomic mass is 10.1. The van der Waals surface area contributed by atoms with Crippen molar-refractivity contribution < 1.29 is 8.78 Å². The van der Waals surface area contributed by atoms with E-state index >= 15 is 0 Å². The quantitative estimate of drug-likeness (QED) is 0.913. The van der Waals surface area contributed by atoms with Crippen LogP contribution >= 0.6 is 0 Å². The standard InChI is InChI=1S/C15H17F2N3/c1-20(9-11-4-6-19-7-5-11)10-15(18)12-2-3-13(16)14(17)8-12/h2-8,15H,9-10,18H2,1H3. The van der Waals surface area contributed by atoms with Gasteiger partial charge in [0.25, 0.3) is 0 Å². The van der Waals surface area contributed by atoms with E-state index in [1.807, 2.05) is 24.1 Å². The number of aromatic nitrogens is 1. The molecule has 0 aliphatic rings. The van der Waals surface area contributed by atoms with Crippen molar-refractivity contribution in [3.05, 3.63) is 65.5 Å². The molecule has 0 bridgehead atoms. The van der Waals surface area contributed by atoms with Gasteiger partial charge in [-0.05, 0) is 42.4 Å². The highest BCUT2D eigenvalue weighted by Crippen LogP contribution is 2.16. The summed E-state index contributed by atoms with van der Waals surface area (Å²) in [5, 5.41) is 0. The number of halogens is 2. The van der Waals surface area contributed by atoms with Crippen LogP contribution in [0.5, 0.6) is 0 Å². The average Bonchev–Trinajstić information content (AvgIpc) is 2.42. The van der Waals surface area contributed by atoms with Gasteiger partial charge in [0.2, 0.25) is 0 Å². The first-order chi connectivity index (χ1) is 9.56. The Morgan fingerprint density at radius 3 is 2.50 bits per heavy atom. The highest BCUT2D eigenvalue weighted by molar-refractivity contribution is 5.21. The maximum atomic E-state index is 13.2. The maximum absolute atomic E-state index is 13.2. The van der Waals surface area contributed by atoms with E-state index in [-0.39, 0.29) is 6.04 Å². The fourth-order valence-electron chi connectivity index (χ4n) is 2.05. The summed E-state index contributed by atoms with van der Waals surface area (Å²) < 4.78 is 26.1. The third kappa shape index (κ3) is 3.82. The Morgan fingerprint density at radius 1 is 1.15 bits per heavy atom. The van der Waals surface area contributed by atoms with Crippen molar-refractivity contribution in [2.45, 2.75) is 12.6 Å². The van der Waals surface area contributed by atoms with Gasteiger partial charge in [-0.25, -0.2) is 8.78 Å². The number of pyridine rings is 1. The Morgan fingerprint density at radius 2 is 1.85 bits per heavy atom. The van der Waals surface area contributed by atoms with Crippen LogP contribution in [0.25, 0.3) is 0 Å². The van der Waals surface area contributed by atoms with Crippen molar-refractivity contribution in [1.29, 1.82) is 0 Å². The number of nitrogens with zero attached hydrogens (tertiary/aromatic N) is 2. The van der Waals surface area contributed by atoms with Gasteiger partial charge in [0.1, 0.15) is 0 Å². The summed E-state index contributed by atoms with van der Waals surface area (Å²) in [5.41, 5.74) is 7.74. The number of rotatable bonds is 5. The molecule has 20 heavy (non-hydrogen) atoms. The summed E-state index contributed by atoms with van der Waals surface area (Å²) in [6.45, 7) is 1.27. The largest absolute Gasteiger partial charge is 0.323 e. The van der Waals surface area contributed by atoms with Gasteiger partial charge in [-0.1, -0.05) is 6.07 Å². The van der Waals surface area contributed by atoms with Gasteiger partial charge in [-0.2, -0.15) is 0 Å². The molecule has 2 rings (SSSR count). The number of nitrogens with two attached hydrogens (primary N) is 1. The SMILES string of the molecule is CN(Cc1ccncc1)CC(N)c1ccc(F)c(F)c1. The van der Waals surface area contributed by atoms with Crippen LogP contribution in [-0.2, 0) is 6.54 Å². The zero-order valence-electron chi connectivity index (χ0n) is 11.3. The molecule has 0 radical (unpaired) electrons. The van der Waals surface area contributed by atoms with E-state index in [4.69, 9.17) is 5.73 Å². The Bertz CT molecular complexity index is 560. The number of hydrogen-bond donors (Lipinski definition) is 1. The van der Waals surface area contributed by atoms with Crippen LogP contribution in [0, 0.1) is 11.6 Å². The van der Waals surface area contributed by atoms with E-state index in [2.05, 4.69) is 4.98 Å². The second-order valence-corrected chi connectivity index (χ2v) is 4.83. The fourth-order valence-corrected chi connectivity index (χ4v) is 2.05. The summed E-state index contributed by atoms with van der Waals surface area (Å²) in [7, 11) is 1.93. The number of benzene rings is 1. The maximum Gasteiger partial charge on any atom is 0.159 e.